The molecular weight excluding hydrogens is 222 g/mol. The summed E-state index contributed by atoms with van der Waals surface area (Å²) in [6.07, 6.45) is 6.17. The van der Waals surface area contributed by atoms with Crippen LogP contribution in [0.15, 0.2) is 0 Å². The molecule has 5 heteroatoms. The fourth-order valence-corrected chi connectivity index (χ4v) is 1.11. The van der Waals surface area contributed by atoms with Crippen LogP contribution < -0.4 is 0 Å². The van der Waals surface area contributed by atoms with Gasteiger partial charge in [-0.15, -0.1) is 6.42 Å². The van der Waals surface area contributed by atoms with Crippen molar-refractivity contribution in [2.75, 3.05) is 13.2 Å². The largest absolute Gasteiger partial charge is 0.452 e. The third kappa shape index (κ3) is 7.87. The Bertz CT molecular complexity index is 337. The summed E-state index contributed by atoms with van der Waals surface area (Å²) in [4.78, 5) is 22.3. The van der Waals surface area contributed by atoms with Crippen molar-refractivity contribution in [3.63, 3.8) is 0 Å². The molecule has 1 unspecified atom stereocenters. The number of hydrogen-bond acceptors (Lipinski definition) is 5. The molecule has 0 N–H and O–H groups in total. The number of hydrogen-bond donors (Lipinski definition) is 0. The molecule has 5 nitrogen and oxygen atoms in total. The van der Waals surface area contributed by atoms with Gasteiger partial charge in [0.1, 0.15) is 6.07 Å². The number of nitriles is 1. The molecule has 0 aromatic heterocycles. The number of ether oxygens (including phenoxy) is 2. The van der Waals surface area contributed by atoms with Crippen LogP contribution >= 0.6 is 0 Å². The zero-order valence-corrected chi connectivity index (χ0v) is 9.77. The summed E-state index contributed by atoms with van der Waals surface area (Å²) < 4.78 is 9.30. The summed E-state index contributed by atoms with van der Waals surface area (Å²) in [5.41, 5.74) is 0. The molecular formula is C12H15NO4. The molecule has 0 aromatic carbocycles. The number of esters is 2. The summed E-state index contributed by atoms with van der Waals surface area (Å²) in [7, 11) is 0. The van der Waals surface area contributed by atoms with Gasteiger partial charge < -0.3 is 9.47 Å². The van der Waals surface area contributed by atoms with Crippen LogP contribution in [0, 0.1) is 29.6 Å². The topological polar surface area (TPSA) is 76.4 Å². The second kappa shape index (κ2) is 9.23. The Balaban J connectivity index is 3.67. The van der Waals surface area contributed by atoms with Gasteiger partial charge in [0.25, 0.3) is 0 Å². The monoisotopic (exact) mass is 237 g/mol. The molecule has 0 aliphatic heterocycles. The van der Waals surface area contributed by atoms with E-state index in [0.717, 1.165) is 0 Å². The van der Waals surface area contributed by atoms with Crippen LogP contribution in [0.25, 0.3) is 0 Å². The first-order valence-corrected chi connectivity index (χ1v) is 5.24. The number of terminal acetylenes is 1. The van der Waals surface area contributed by atoms with E-state index >= 15 is 0 Å². The molecule has 92 valence electrons. The Morgan fingerprint density at radius 1 is 1.35 bits per heavy atom. The molecule has 0 fully saturated rings. The van der Waals surface area contributed by atoms with Crippen molar-refractivity contribution in [3.8, 4) is 18.4 Å². The first-order chi connectivity index (χ1) is 8.11. The van der Waals surface area contributed by atoms with E-state index in [4.69, 9.17) is 11.7 Å². The lowest BCUT2D eigenvalue weighted by molar-refractivity contribution is -0.147. The van der Waals surface area contributed by atoms with Gasteiger partial charge in [-0.2, -0.15) is 5.26 Å². The van der Waals surface area contributed by atoms with Gasteiger partial charge in [-0.05, 0) is 12.8 Å². The fraction of sp³-hybridized carbons (Fsp3) is 0.583. The maximum absolute atomic E-state index is 11.2. The molecule has 0 heterocycles. The number of nitrogens with zero attached hydrogens (tertiary/aromatic N) is 1. The minimum Gasteiger partial charge on any atom is -0.452 e. The highest BCUT2D eigenvalue weighted by molar-refractivity contribution is 5.72. The van der Waals surface area contributed by atoms with E-state index < -0.39 is 5.97 Å². The van der Waals surface area contributed by atoms with Gasteiger partial charge in [0.15, 0.2) is 13.2 Å². The normalized spacial score (nSPS) is 10.8. The zero-order valence-electron chi connectivity index (χ0n) is 9.77. The lowest BCUT2D eigenvalue weighted by Crippen LogP contribution is -2.15. The first kappa shape index (κ1) is 15.0. The molecule has 17 heavy (non-hydrogen) atoms. The third-order valence-electron chi connectivity index (χ3n) is 2.02. The van der Waals surface area contributed by atoms with Gasteiger partial charge in [0, 0.05) is 6.42 Å². The Morgan fingerprint density at radius 2 is 2.06 bits per heavy atom. The van der Waals surface area contributed by atoms with Crippen molar-refractivity contribution in [2.24, 2.45) is 5.92 Å². The minimum absolute atomic E-state index is 0.0292. The lowest BCUT2D eigenvalue weighted by atomic mass is 10.0. The molecule has 0 bridgehead atoms. The Labute approximate surface area is 101 Å². The van der Waals surface area contributed by atoms with E-state index in [2.05, 4.69) is 15.4 Å². The van der Waals surface area contributed by atoms with Crippen LogP contribution in [-0.2, 0) is 19.1 Å². The smallest absolute Gasteiger partial charge is 0.309 e. The molecule has 0 saturated carbocycles. The molecule has 0 aliphatic rings. The highest BCUT2D eigenvalue weighted by Crippen LogP contribution is 2.10. The van der Waals surface area contributed by atoms with Crippen molar-refractivity contribution in [3.05, 3.63) is 0 Å². The van der Waals surface area contributed by atoms with Crippen LogP contribution in [0.4, 0.5) is 0 Å². The second-order valence-corrected chi connectivity index (χ2v) is 3.42. The van der Waals surface area contributed by atoms with Gasteiger partial charge in [-0.1, -0.05) is 12.8 Å². The van der Waals surface area contributed by atoms with Crippen molar-refractivity contribution in [1.82, 2.24) is 0 Å². The standard InChI is InChI=1S/C12H15NO4/c1-3-8-16-11(14)6-4-5-10(2)12(15)17-9-7-13/h1,10H,4-6,8-9H2,2H3. The van der Waals surface area contributed by atoms with E-state index in [1.165, 1.54) is 0 Å². The quantitative estimate of drug-likeness (QED) is 0.488. The Morgan fingerprint density at radius 3 is 2.65 bits per heavy atom. The number of carbonyl (C=O) groups excluding carboxylic acids is 2. The van der Waals surface area contributed by atoms with Crippen LogP contribution in [0.2, 0.25) is 0 Å². The highest BCUT2D eigenvalue weighted by atomic mass is 16.5. The van der Waals surface area contributed by atoms with E-state index in [9.17, 15) is 9.59 Å². The summed E-state index contributed by atoms with van der Waals surface area (Å²) in [5, 5.41) is 8.22. The average molecular weight is 237 g/mol. The van der Waals surface area contributed by atoms with Gasteiger partial charge >= 0.3 is 11.9 Å². The predicted molar refractivity (Wildman–Crippen MR) is 59.4 cm³/mol. The van der Waals surface area contributed by atoms with E-state index in [1.54, 1.807) is 13.0 Å². The Hall–Kier alpha value is -2.01. The maximum Gasteiger partial charge on any atom is 0.309 e. The summed E-state index contributed by atoms with van der Waals surface area (Å²) in [6.45, 7) is 1.42. The minimum atomic E-state index is -0.427. The van der Waals surface area contributed by atoms with Gasteiger partial charge in [0.05, 0.1) is 5.92 Å². The van der Waals surface area contributed by atoms with Crippen molar-refractivity contribution in [2.45, 2.75) is 26.2 Å². The van der Waals surface area contributed by atoms with Gasteiger partial charge in [0.2, 0.25) is 0 Å². The van der Waals surface area contributed by atoms with Crippen LogP contribution in [0.5, 0.6) is 0 Å². The van der Waals surface area contributed by atoms with Gasteiger partial charge in [-0.3, -0.25) is 9.59 Å². The molecule has 0 aromatic rings. The first-order valence-electron chi connectivity index (χ1n) is 5.24. The van der Waals surface area contributed by atoms with Crippen molar-refractivity contribution in [1.29, 1.82) is 5.26 Å². The van der Waals surface area contributed by atoms with E-state index in [0.29, 0.717) is 12.8 Å². The number of rotatable bonds is 7. The van der Waals surface area contributed by atoms with Crippen molar-refractivity contribution < 1.29 is 19.1 Å². The fourth-order valence-electron chi connectivity index (χ4n) is 1.11. The van der Waals surface area contributed by atoms with Crippen LogP contribution in [0.3, 0.4) is 0 Å². The molecule has 0 radical (unpaired) electrons. The summed E-state index contributed by atoms with van der Waals surface area (Å²) in [6, 6.07) is 1.72. The average Bonchev–Trinajstić information content (AvgIpc) is 2.33. The second-order valence-electron chi connectivity index (χ2n) is 3.42. The third-order valence-corrected chi connectivity index (χ3v) is 2.02. The van der Waals surface area contributed by atoms with E-state index in [1.807, 2.05) is 0 Å². The molecule has 0 rings (SSSR count). The molecule has 1 atom stereocenters. The zero-order chi connectivity index (χ0) is 13.1. The molecule has 0 amide bonds. The molecule has 0 saturated heterocycles. The van der Waals surface area contributed by atoms with Crippen molar-refractivity contribution >= 4 is 11.9 Å². The number of carbonyl (C=O) groups is 2. The molecule has 0 spiro atoms. The SMILES string of the molecule is C#CCOC(=O)CCCC(C)C(=O)OCC#N. The summed E-state index contributed by atoms with van der Waals surface area (Å²) >= 11 is 0. The summed E-state index contributed by atoms with van der Waals surface area (Å²) in [5.74, 6) is 1.06. The van der Waals surface area contributed by atoms with E-state index in [-0.39, 0.29) is 31.5 Å². The van der Waals surface area contributed by atoms with Crippen LogP contribution in [-0.4, -0.2) is 25.2 Å². The van der Waals surface area contributed by atoms with Crippen LogP contribution in [0.1, 0.15) is 26.2 Å². The van der Waals surface area contributed by atoms with Gasteiger partial charge in [-0.25, -0.2) is 0 Å². The molecule has 0 aliphatic carbocycles. The maximum atomic E-state index is 11.2. The lowest BCUT2D eigenvalue weighted by Gasteiger charge is -2.08. The predicted octanol–water partition coefficient (Wildman–Crippen LogP) is 1.04. The highest BCUT2D eigenvalue weighted by Gasteiger charge is 2.14. The Kier molecular flexibility index (Phi) is 8.14.